The highest BCUT2D eigenvalue weighted by molar-refractivity contribution is 7.92. The lowest BCUT2D eigenvalue weighted by molar-refractivity contribution is -0.120. The van der Waals surface area contributed by atoms with Crippen LogP contribution in [0.15, 0.2) is 30.3 Å². The number of benzene rings is 2. The first-order valence-corrected chi connectivity index (χ1v) is 11.3. The van der Waals surface area contributed by atoms with Crippen molar-refractivity contribution in [2.45, 2.75) is 33.7 Å². The largest absolute Gasteiger partial charge is 0.348 e. The summed E-state index contributed by atoms with van der Waals surface area (Å²) in [6, 6.07) is 8.49. The number of halogens is 2. The molecule has 0 saturated heterocycles. The van der Waals surface area contributed by atoms with Gasteiger partial charge in [-0.05, 0) is 62.1 Å². The standard InChI is InChI=1S/C20H24Cl2N2O3S/c1-12-9-14(3)16(10-13(12)2)15(4)23-19(25)11-24(28(5,26)27)18-8-6-7-17(21)20(18)22/h6-10,15H,11H2,1-5H3,(H,23,25)/t15-/m1/s1. The summed E-state index contributed by atoms with van der Waals surface area (Å²) >= 11 is 12.2. The third-order valence-electron chi connectivity index (χ3n) is 4.61. The molecule has 2 aromatic carbocycles. The molecule has 1 N–H and O–H groups in total. The Bertz CT molecular complexity index is 1010. The molecule has 1 amide bonds. The van der Waals surface area contributed by atoms with Crippen LogP contribution in [0.2, 0.25) is 10.0 Å². The number of rotatable bonds is 6. The minimum absolute atomic E-state index is 0.0837. The number of hydrogen-bond donors (Lipinski definition) is 1. The van der Waals surface area contributed by atoms with Crippen LogP contribution in [0.4, 0.5) is 5.69 Å². The first kappa shape index (κ1) is 22.5. The molecular formula is C20H24Cl2N2O3S. The van der Waals surface area contributed by atoms with E-state index < -0.39 is 22.5 Å². The van der Waals surface area contributed by atoms with Gasteiger partial charge in [0.25, 0.3) is 0 Å². The second-order valence-electron chi connectivity index (χ2n) is 6.92. The van der Waals surface area contributed by atoms with Gasteiger partial charge in [0, 0.05) is 0 Å². The van der Waals surface area contributed by atoms with Crippen LogP contribution in [-0.4, -0.2) is 27.1 Å². The topological polar surface area (TPSA) is 66.5 Å². The summed E-state index contributed by atoms with van der Waals surface area (Å²) in [5.74, 6) is -0.438. The van der Waals surface area contributed by atoms with E-state index in [-0.39, 0.29) is 21.8 Å². The minimum Gasteiger partial charge on any atom is -0.348 e. The molecule has 0 spiro atoms. The maximum absolute atomic E-state index is 12.6. The molecule has 2 rings (SSSR count). The predicted octanol–water partition coefficient (Wildman–Crippen LogP) is 4.56. The first-order chi connectivity index (χ1) is 12.9. The number of nitrogens with one attached hydrogen (secondary N) is 1. The van der Waals surface area contributed by atoms with Crippen LogP contribution < -0.4 is 9.62 Å². The fourth-order valence-corrected chi connectivity index (χ4v) is 4.32. The van der Waals surface area contributed by atoms with Gasteiger partial charge in [0.05, 0.1) is 28.0 Å². The van der Waals surface area contributed by atoms with E-state index in [0.717, 1.165) is 27.3 Å². The van der Waals surface area contributed by atoms with Crippen molar-refractivity contribution in [2.24, 2.45) is 0 Å². The third kappa shape index (κ3) is 5.19. The Morgan fingerprint density at radius 1 is 1.11 bits per heavy atom. The van der Waals surface area contributed by atoms with Gasteiger partial charge in [-0.1, -0.05) is 41.4 Å². The molecule has 152 valence electrons. The van der Waals surface area contributed by atoms with E-state index in [1.54, 1.807) is 12.1 Å². The molecule has 0 aliphatic rings. The van der Waals surface area contributed by atoms with E-state index in [0.29, 0.717) is 0 Å². The average molecular weight is 443 g/mol. The van der Waals surface area contributed by atoms with E-state index >= 15 is 0 Å². The van der Waals surface area contributed by atoms with Gasteiger partial charge in [0.2, 0.25) is 15.9 Å². The molecule has 0 radical (unpaired) electrons. The Labute approximate surface area is 176 Å². The summed E-state index contributed by atoms with van der Waals surface area (Å²) in [6.45, 7) is 7.51. The zero-order valence-corrected chi connectivity index (χ0v) is 18.8. The van der Waals surface area contributed by atoms with Crippen LogP contribution in [0.25, 0.3) is 0 Å². The lowest BCUT2D eigenvalue weighted by Gasteiger charge is -2.25. The summed E-state index contributed by atoms with van der Waals surface area (Å²) in [5, 5.41) is 3.17. The number of nitrogens with zero attached hydrogens (tertiary/aromatic N) is 1. The average Bonchev–Trinajstić information content (AvgIpc) is 2.57. The number of carbonyl (C=O) groups is 1. The van der Waals surface area contributed by atoms with E-state index in [1.165, 1.54) is 11.6 Å². The van der Waals surface area contributed by atoms with Crippen molar-refractivity contribution >= 4 is 44.8 Å². The monoisotopic (exact) mass is 442 g/mol. The van der Waals surface area contributed by atoms with Gasteiger partial charge in [0.15, 0.2) is 0 Å². The number of anilines is 1. The smallest absolute Gasteiger partial charge is 0.241 e. The molecule has 28 heavy (non-hydrogen) atoms. The van der Waals surface area contributed by atoms with Gasteiger partial charge >= 0.3 is 0 Å². The Balaban J connectivity index is 2.25. The Morgan fingerprint density at radius 3 is 2.32 bits per heavy atom. The maximum Gasteiger partial charge on any atom is 0.241 e. The normalized spacial score (nSPS) is 12.5. The van der Waals surface area contributed by atoms with Gasteiger partial charge in [-0.15, -0.1) is 0 Å². The third-order valence-corrected chi connectivity index (χ3v) is 6.55. The highest BCUT2D eigenvalue weighted by Gasteiger charge is 2.25. The van der Waals surface area contributed by atoms with Crippen molar-refractivity contribution in [1.29, 1.82) is 0 Å². The highest BCUT2D eigenvalue weighted by Crippen LogP contribution is 2.33. The summed E-state index contributed by atoms with van der Waals surface area (Å²) in [4.78, 5) is 12.6. The van der Waals surface area contributed by atoms with Crippen molar-refractivity contribution in [2.75, 3.05) is 17.1 Å². The van der Waals surface area contributed by atoms with E-state index in [9.17, 15) is 13.2 Å². The number of aryl methyl sites for hydroxylation is 3. The molecule has 0 unspecified atom stereocenters. The molecule has 0 heterocycles. The molecule has 5 nitrogen and oxygen atoms in total. The zero-order chi connectivity index (χ0) is 21.2. The van der Waals surface area contributed by atoms with Crippen molar-refractivity contribution in [3.63, 3.8) is 0 Å². The van der Waals surface area contributed by atoms with Crippen LogP contribution in [0, 0.1) is 20.8 Å². The van der Waals surface area contributed by atoms with E-state index in [4.69, 9.17) is 23.2 Å². The molecule has 0 saturated carbocycles. The van der Waals surface area contributed by atoms with Crippen molar-refractivity contribution in [3.05, 3.63) is 62.6 Å². The quantitative estimate of drug-likeness (QED) is 0.712. The molecule has 0 aliphatic carbocycles. The molecule has 0 fully saturated rings. The SMILES string of the molecule is Cc1cc(C)c([C@@H](C)NC(=O)CN(c2cccc(Cl)c2Cl)S(C)(=O)=O)cc1C. The summed E-state index contributed by atoms with van der Waals surface area (Å²) in [7, 11) is -3.74. The van der Waals surface area contributed by atoms with Crippen molar-refractivity contribution < 1.29 is 13.2 Å². The Kier molecular flexibility index (Phi) is 7.02. The van der Waals surface area contributed by atoms with Crippen LogP contribution in [-0.2, 0) is 14.8 Å². The lowest BCUT2D eigenvalue weighted by Crippen LogP contribution is -2.41. The summed E-state index contributed by atoms with van der Waals surface area (Å²) in [6.07, 6.45) is 1.02. The van der Waals surface area contributed by atoms with Crippen LogP contribution in [0.3, 0.4) is 0 Å². The molecule has 2 aromatic rings. The number of carbonyl (C=O) groups excluding carboxylic acids is 1. The van der Waals surface area contributed by atoms with Gasteiger partial charge in [-0.3, -0.25) is 9.10 Å². The number of hydrogen-bond acceptors (Lipinski definition) is 3. The maximum atomic E-state index is 12.6. The van der Waals surface area contributed by atoms with Crippen LogP contribution in [0.5, 0.6) is 0 Å². The summed E-state index contributed by atoms with van der Waals surface area (Å²) < 4.78 is 25.5. The number of amides is 1. The highest BCUT2D eigenvalue weighted by atomic mass is 35.5. The molecular weight excluding hydrogens is 419 g/mol. The fraction of sp³-hybridized carbons (Fsp3) is 0.350. The predicted molar refractivity (Wildman–Crippen MR) is 116 cm³/mol. The first-order valence-electron chi connectivity index (χ1n) is 8.70. The fourth-order valence-electron chi connectivity index (χ4n) is 3.01. The van der Waals surface area contributed by atoms with Gasteiger partial charge in [-0.25, -0.2) is 8.42 Å². The van der Waals surface area contributed by atoms with E-state index in [2.05, 4.69) is 11.4 Å². The van der Waals surface area contributed by atoms with Crippen molar-refractivity contribution in [3.8, 4) is 0 Å². The van der Waals surface area contributed by atoms with Crippen LogP contribution in [0.1, 0.15) is 35.2 Å². The van der Waals surface area contributed by atoms with E-state index in [1.807, 2.05) is 33.8 Å². The lowest BCUT2D eigenvalue weighted by atomic mass is 9.96. The number of sulfonamides is 1. The Morgan fingerprint density at radius 2 is 1.71 bits per heavy atom. The molecule has 0 bridgehead atoms. The minimum atomic E-state index is -3.74. The second kappa shape index (κ2) is 8.72. The van der Waals surface area contributed by atoms with Crippen molar-refractivity contribution in [1.82, 2.24) is 5.32 Å². The molecule has 0 aliphatic heterocycles. The van der Waals surface area contributed by atoms with Gasteiger partial charge in [0.1, 0.15) is 6.54 Å². The second-order valence-corrected chi connectivity index (χ2v) is 9.62. The summed E-state index contributed by atoms with van der Waals surface area (Å²) in [5.41, 5.74) is 4.53. The Hall–Kier alpha value is -1.76. The molecule has 8 heteroatoms. The molecule has 1 atom stereocenters. The van der Waals surface area contributed by atoms with Gasteiger partial charge in [-0.2, -0.15) is 0 Å². The zero-order valence-electron chi connectivity index (χ0n) is 16.5. The van der Waals surface area contributed by atoms with Gasteiger partial charge < -0.3 is 5.32 Å². The van der Waals surface area contributed by atoms with Crippen LogP contribution >= 0.6 is 23.2 Å². The molecule has 0 aromatic heterocycles.